The van der Waals surface area contributed by atoms with Gasteiger partial charge in [-0.2, -0.15) is 0 Å². The summed E-state index contributed by atoms with van der Waals surface area (Å²) in [5, 5.41) is 9.01. The molecule has 0 spiro atoms. The van der Waals surface area contributed by atoms with Crippen molar-refractivity contribution in [2.45, 2.75) is 38.5 Å². The van der Waals surface area contributed by atoms with E-state index in [2.05, 4.69) is 19.2 Å². The van der Waals surface area contributed by atoms with Gasteiger partial charge in [-0.15, -0.1) is 0 Å². The largest absolute Gasteiger partial charge is 0.423 e. The fraction of sp³-hybridized carbons (Fsp3) is 0.357. The standard InChI is InChI=1S/C28H32O6/c1-4-27(30)34-26-15-12-23(16-25(26)22-8-6-20(7-9-22)18-32-5-2)21-10-13-24(14-11-21)33-28(31)19(3)17-29/h4,10-16,20,22,29H,1,3,5-9,17-18H2,2H3. The summed E-state index contributed by atoms with van der Waals surface area (Å²) in [6.45, 7) is 10.1. The highest BCUT2D eigenvalue weighted by Gasteiger charge is 2.25. The van der Waals surface area contributed by atoms with Crippen LogP contribution in [-0.2, 0) is 14.3 Å². The minimum absolute atomic E-state index is 0.00523. The van der Waals surface area contributed by atoms with Gasteiger partial charge in [-0.1, -0.05) is 31.4 Å². The fourth-order valence-corrected chi connectivity index (χ4v) is 4.17. The molecule has 1 aliphatic carbocycles. The molecule has 0 radical (unpaired) electrons. The highest BCUT2D eigenvalue weighted by Crippen LogP contribution is 2.41. The highest BCUT2D eigenvalue weighted by molar-refractivity contribution is 5.89. The third-order valence-electron chi connectivity index (χ3n) is 6.11. The molecule has 3 rings (SSSR count). The molecule has 2 aromatic rings. The van der Waals surface area contributed by atoms with E-state index in [1.807, 2.05) is 31.2 Å². The van der Waals surface area contributed by atoms with Crippen molar-refractivity contribution in [3.8, 4) is 22.6 Å². The van der Waals surface area contributed by atoms with Crippen molar-refractivity contribution >= 4 is 11.9 Å². The molecule has 0 saturated heterocycles. The van der Waals surface area contributed by atoms with Gasteiger partial charge in [0.05, 0.1) is 12.2 Å². The zero-order chi connectivity index (χ0) is 24.5. The Bertz CT molecular complexity index is 1020. The lowest BCUT2D eigenvalue weighted by Gasteiger charge is -2.29. The number of aliphatic hydroxyl groups is 1. The summed E-state index contributed by atoms with van der Waals surface area (Å²) >= 11 is 0. The van der Waals surface area contributed by atoms with E-state index in [1.165, 1.54) is 6.08 Å². The first-order chi connectivity index (χ1) is 16.4. The number of aliphatic hydroxyl groups excluding tert-OH is 1. The van der Waals surface area contributed by atoms with Gasteiger partial charge in [0, 0.05) is 19.3 Å². The number of esters is 2. The van der Waals surface area contributed by atoms with Crippen molar-refractivity contribution < 1.29 is 28.9 Å². The van der Waals surface area contributed by atoms with Gasteiger partial charge in [-0.05, 0) is 85.4 Å². The topological polar surface area (TPSA) is 82.1 Å². The van der Waals surface area contributed by atoms with Crippen LogP contribution >= 0.6 is 0 Å². The lowest BCUT2D eigenvalue weighted by molar-refractivity contribution is -0.131. The van der Waals surface area contributed by atoms with Crippen molar-refractivity contribution in [1.82, 2.24) is 0 Å². The van der Waals surface area contributed by atoms with Crippen LogP contribution < -0.4 is 9.47 Å². The lowest BCUT2D eigenvalue weighted by atomic mass is 9.78. The van der Waals surface area contributed by atoms with Crippen molar-refractivity contribution in [3.05, 3.63) is 72.8 Å². The summed E-state index contributed by atoms with van der Waals surface area (Å²) < 4.78 is 16.4. The van der Waals surface area contributed by atoms with Crippen LogP contribution in [0.25, 0.3) is 11.1 Å². The molecule has 0 aliphatic heterocycles. The average Bonchev–Trinajstić information content (AvgIpc) is 2.87. The Hall–Kier alpha value is -3.22. The van der Waals surface area contributed by atoms with E-state index >= 15 is 0 Å². The highest BCUT2D eigenvalue weighted by atomic mass is 16.5. The van der Waals surface area contributed by atoms with Gasteiger partial charge >= 0.3 is 11.9 Å². The van der Waals surface area contributed by atoms with Gasteiger partial charge in [0.2, 0.25) is 0 Å². The summed E-state index contributed by atoms with van der Waals surface area (Å²) in [5.41, 5.74) is 2.92. The van der Waals surface area contributed by atoms with Crippen LogP contribution in [0.2, 0.25) is 0 Å². The molecule has 0 aromatic heterocycles. The van der Waals surface area contributed by atoms with E-state index < -0.39 is 18.5 Å². The maximum absolute atomic E-state index is 11.9. The SMILES string of the molecule is C=CC(=O)Oc1ccc(-c2ccc(OC(=O)C(=C)CO)cc2)cc1C1CCC(COCC)CC1. The summed E-state index contributed by atoms with van der Waals surface area (Å²) in [7, 11) is 0. The van der Waals surface area contributed by atoms with E-state index in [0.717, 1.165) is 55.6 Å². The van der Waals surface area contributed by atoms with Crippen LogP contribution in [-0.4, -0.2) is 36.9 Å². The zero-order valence-electron chi connectivity index (χ0n) is 19.6. The van der Waals surface area contributed by atoms with Gasteiger partial charge in [-0.25, -0.2) is 9.59 Å². The van der Waals surface area contributed by atoms with Crippen LogP contribution in [0, 0.1) is 5.92 Å². The van der Waals surface area contributed by atoms with Gasteiger partial charge in [0.1, 0.15) is 11.5 Å². The number of ether oxygens (including phenoxy) is 3. The zero-order valence-corrected chi connectivity index (χ0v) is 19.6. The molecular weight excluding hydrogens is 432 g/mol. The first-order valence-electron chi connectivity index (χ1n) is 11.6. The minimum Gasteiger partial charge on any atom is -0.423 e. The number of carbonyl (C=O) groups is 2. The number of carbonyl (C=O) groups excluding carboxylic acids is 2. The Kier molecular flexibility index (Phi) is 9.19. The Morgan fingerprint density at radius 3 is 2.32 bits per heavy atom. The molecule has 0 heterocycles. The smallest absolute Gasteiger partial charge is 0.341 e. The van der Waals surface area contributed by atoms with E-state index in [0.29, 0.717) is 17.4 Å². The summed E-state index contributed by atoms with van der Waals surface area (Å²) in [4.78, 5) is 23.7. The van der Waals surface area contributed by atoms with Crippen molar-refractivity contribution in [2.24, 2.45) is 5.92 Å². The molecule has 6 nitrogen and oxygen atoms in total. The van der Waals surface area contributed by atoms with Crippen LogP contribution in [0.3, 0.4) is 0 Å². The minimum atomic E-state index is -0.661. The lowest BCUT2D eigenvalue weighted by Crippen LogP contribution is -2.18. The Balaban J connectivity index is 1.81. The molecule has 180 valence electrons. The normalized spacial score (nSPS) is 17.6. The molecule has 1 fully saturated rings. The predicted molar refractivity (Wildman–Crippen MR) is 131 cm³/mol. The molecule has 1 saturated carbocycles. The Morgan fingerprint density at radius 1 is 1.03 bits per heavy atom. The monoisotopic (exact) mass is 464 g/mol. The molecule has 0 amide bonds. The van der Waals surface area contributed by atoms with Gasteiger partial charge in [0.15, 0.2) is 0 Å². The fourth-order valence-electron chi connectivity index (χ4n) is 4.17. The molecule has 1 N–H and O–H groups in total. The molecule has 0 bridgehead atoms. The van der Waals surface area contributed by atoms with E-state index in [-0.39, 0.29) is 11.5 Å². The molecule has 2 aromatic carbocycles. The van der Waals surface area contributed by atoms with E-state index in [4.69, 9.17) is 19.3 Å². The third-order valence-corrected chi connectivity index (χ3v) is 6.11. The van der Waals surface area contributed by atoms with Crippen LogP contribution in [0.1, 0.15) is 44.1 Å². The second-order valence-electron chi connectivity index (χ2n) is 8.43. The number of hydrogen-bond donors (Lipinski definition) is 1. The van der Waals surface area contributed by atoms with Gasteiger partial charge in [0.25, 0.3) is 0 Å². The van der Waals surface area contributed by atoms with Crippen molar-refractivity contribution in [1.29, 1.82) is 0 Å². The van der Waals surface area contributed by atoms with Crippen LogP contribution in [0.15, 0.2) is 67.3 Å². The third kappa shape index (κ3) is 6.65. The van der Waals surface area contributed by atoms with E-state index in [9.17, 15) is 9.59 Å². The van der Waals surface area contributed by atoms with Crippen molar-refractivity contribution in [2.75, 3.05) is 19.8 Å². The summed E-state index contributed by atoms with van der Waals surface area (Å²) in [6.07, 6.45) is 5.32. The van der Waals surface area contributed by atoms with Gasteiger partial charge < -0.3 is 19.3 Å². The maximum atomic E-state index is 11.9. The molecule has 0 atom stereocenters. The Labute approximate surface area is 200 Å². The second kappa shape index (κ2) is 12.3. The van der Waals surface area contributed by atoms with Crippen LogP contribution in [0.5, 0.6) is 11.5 Å². The first-order valence-corrected chi connectivity index (χ1v) is 11.6. The molecular formula is C28H32O6. The maximum Gasteiger partial charge on any atom is 0.341 e. The molecule has 6 heteroatoms. The van der Waals surface area contributed by atoms with E-state index in [1.54, 1.807) is 12.1 Å². The second-order valence-corrected chi connectivity index (χ2v) is 8.43. The summed E-state index contributed by atoms with van der Waals surface area (Å²) in [6, 6.07) is 12.9. The molecule has 1 aliphatic rings. The van der Waals surface area contributed by atoms with Crippen molar-refractivity contribution in [3.63, 3.8) is 0 Å². The number of rotatable bonds is 10. The number of benzene rings is 2. The Morgan fingerprint density at radius 2 is 1.71 bits per heavy atom. The molecule has 34 heavy (non-hydrogen) atoms. The quantitative estimate of drug-likeness (QED) is 0.295. The average molecular weight is 465 g/mol. The van der Waals surface area contributed by atoms with Gasteiger partial charge in [-0.3, -0.25) is 0 Å². The molecule has 0 unspecified atom stereocenters. The predicted octanol–water partition coefficient (Wildman–Crippen LogP) is 5.21. The summed E-state index contributed by atoms with van der Waals surface area (Å²) in [5.74, 6) is 0.647. The van der Waals surface area contributed by atoms with Crippen LogP contribution in [0.4, 0.5) is 0 Å². The first kappa shape index (κ1) is 25.4. The number of hydrogen-bond acceptors (Lipinski definition) is 6.